The van der Waals surface area contributed by atoms with Crippen LogP contribution in [0.1, 0.15) is 34.8 Å². The largest absolute Gasteiger partial charge is 0.486 e. The number of hydrogen-bond donors (Lipinski definition) is 1. The summed E-state index contributed by atoms with van der Waals surface area (Å²) in [6.45, 7) is 1.52. The fourth-order valence-electron chi connectivity index (χ4n) is 5.31. The number of hydrogen-bond acceptors (Lipinski definition) is 9. The van der Waals surface area contributed by atoms with Gasteiger partial charge in [0, 0.05) is 24.9 Å². The molecule has 0 saturated carbocycles. The molecule has 1 N–H and O–H groups in total. The number of aromatic nitrogens is 3. The maximum absolute atomic E-state index is 14.3. The van der Waals surface area contributed by atoms with Crippen molar-refractivity contribution in [3.05, 3.63) is 77.9 Å². The van der Waals surface area contributed by atoms with Crippen molar-refractivity contribution in [1.29, 1.82) is 0 Å². The van der Waals surface area contributed by atoms with Crippen LogP contribution >= 0.6 is 0 Å². The van der Waals surface area contributed by atoms with Crippen LogP contribution in [0.4, 0.5) is 5.69 Å². The van der Waals surface area contributed by atoms with E-state index in [-0.39, 0.29) is 12.6 Å². The molecule has 1 fully saturated rings. The molecule has 0 aliphatic carbocycles. The van der Waals surface area contributed by atoms with Crippen LogP contribution in [0.25, 0.3) is 11.0 Å². The lowest BCUT2D eigenvalue weighted by Gasteiger charge is -2.32. The Morgan fingerprint density at radius 1 is 1.02 bits per heavy atom. The topological polar surface area (TPSA) is 134 Å². The number of para-hydroxylation sites is 1. The molecule has 0 radical (unpaired) electrons. The summed E-state index contributed by atoms with van der Waals surface area (Å²) < 4.78 is 23.6. The van der Waals surface area contributed by atoms with Crippen molar-refractivity contribution in [3.63, 3.8) is 0 Å². The van der Waals surface area contributed by atoms with Gasteiger partial charge in [0.2, 0.25) is 11.8 Å². The van der Waals surface area contributed by atoms with Crippen molar-refractivity contribution >= 4 is 34.5 Å². The summed E-state index contributed by atoms with van der Waals surface area (Å²) in [6, 6.07) is 17.8. The number of fused-ring (bicyclic) bond motifs is 2. The summed E-state index contributed by atoms with van der Waals surface area (Å²) in [5.74, 6) is -0.322. The van der Waals surface area contributed by atoms with Crippen LogP contribution in [0.15, 0.2) is 66.7 Å². The second kappa shape index (κ2) is 12.5. The zero-order valence-electron chi connectivity index (χ0n) is 23.6. The first kappa shape index (κ1) is 28.2. The molecule has 3 heterocycles. The number of rotatable bonds is 9. The number of nitrogens with one attached hydrogen (secondary N) is 1. The van der Waals surface area contributed by atoms with Gasteiger partial charge in [-0.3, -0.25) is 14.5 Å². The van der Waals surface area contributed by atoms with Crippen molar-refractivity contribution in [2.24, 2.45) is 0 Å². The Bertz CT molecular complexity index is 1630. The minimum absolute atomic E-state index is 0.105. The van der Waals surface area contributed by atoms with Crippen LogP contribution in [0.5, 0.6) is 11.5 Å². The second-order valence-corrected chi connectivity index (χ2v) is 10.2. The zero-order chi connectivity index (χ0) is 29.8. The number of nitrogens with zero attached hydrogens (tertiary/aromatic N) is 4. The van der Waals surface area contributed by atoms with Gasteiger partial charge >= 0.3 is 5.97 Å². The predicted octanol–water partition coefficient (Wildman–Crippen LogP) is 3.06. The van der Waals surface area contributed by atoms with Crippen LogP contribution in [-0.2, 0) is 25.6 Å². The first-order valence-electron chi connectivity index (χ1n) is 14.1. The maximum atomic E-state index is 14.3. The number of benzene rings is 3. The lowest BCUT2D eigenvalue weighted by atomic mass is 10.0. The number of ether oxygens (including phenoxy) is 4. The molecule has 1 saturated heterocycles. The first-order valence-corrected chi connectivity index (χ1v) is 14.1. The molecule has 43 heavy (non-hydrogen) atoms. The molecular weight excluding hydrogens is 554 g/mol. The molecule has 0 spiro atoms. The third kappa shape index (κ3) is 6.00. The summed E-state index contributed by atoms with van der Waals surface area (Å²) in [7, 11) is 1.30. The molecule has 2 amide bonds. The second-order valence-electron chi connectivity index (χ2n) is 10.2. The number of amides is 2. The fourth-order valence-corrected chi connectivity index (χ4v) is 5.31. The van der Waals surface area contributed by atoms with Crippen LogP contribution in [-0.4, -0.2) is 72.4 Å². The van der Waals surface area contributed by atoms with E-state index in [1.807, 2.05) is 24.3 Å². The SMILES string of the molecule is COC(=O)c1ccc([C@H](C(=O)NC[C@H]2CCCO2)N(C(=O)Cn2nnc3ccccc32)c2ccc3c(c2)OCCO3)cc1. The van der Waals surface area contributed by atoms with E-state index in [1.165, 1.54) is 16.7 Å². The highest BCUT2D eigenvalue weighted by Crippen LogP contribution is 2.37. The van der Waals surface area contributed by atoms with Crippen LogP contribution in [0, 0.1) is 0 Å². The molecule has 2 atom stereocenters. The molecule has 12 heteroatoms. The molecule has 222 valence electrons. The van der Waals surface area contributed by atoms with Gasteiger partial charge < -0.3 is 24.3 Å². The van der Waals surface area contributed by atoms with Gasteiger partial charge in [-0.1, -0.05) is 29.5 Å². The van der Waals surface area contributed by atoms with Gasteiger partial charge in [0.25, 0.3) is 0 Å². The molecule has 0 bridgehead atoms. The van der Waals surface area contributed by atoms with E-state index in [1.54, 1.807) is 42.5 Å². The number of anilines is 1. The highest BCUT2D eigenvalue weighted by molar-refractivity contribution is 6.02. The molecule has 3 aromatic carbocycles. The highest BCUT2D eigenvalue weighted by atomic mass is 16.6. The normalized spacial score (nSPS) is 16.4. The quantitative estimate of drug-likeness (QED) is 0.294. The van der Waals surface area contributed by atoms with Crippen LogP contribution < -0.4 is 19.7 Å². The Balaban J connectivity index is 1.41. The predicted molar refractivity (Wildman–Crippen MR) is 155 cm³/mol. The number of esters is 1. The Kier molecular flexibility index (Phi) is 8.18. The summed E-state index contributed by atoms with van der Waals surface area (Å²) in [6.07, 6.45) is 1.65. The molecular formula is C31H31N5O7. The highest BCUT2D eigenvalue weighted by Gasteiger charge is 2.35. The van der Waals surface area contributed by atoms with Crippen molar-refractivity contribution in [2.75, 3.05) is 38.4 Å². The van der Waals surface area contributed by atoms with Crippen LogP contribution in [0.2, 0.25) is 0 Å². The number of carbonyl (C=O) groups excluding carboxylic acids is 3. The van der Waals surface area contributed by atoms with Gasteiger partial charge in [-0.05, 0) is 54.8 Å². The van der Waals surface area contributed by atoms with Gasteiger partial charge in [0.15, 0.2) is 11.5 Å². The Labute approximate surface area is 247 Å². The maximum Gasteiger partial charge on any atom is 0.337 e. The van der Waals surface area contributed by atoms with E-state index in [0.717, 1.165) is 12.8 Å². The summed E-state index contributed by atoms with van der Waals surface area (Å²) >= 11 is 0. The van der Waals surface area contributed by atoms with Crippen molar-refractivity contribution in [3.8, 4) is 11.5 Å². The molecule has 1 aromatic heterocycles. The summed E-state index contributed by atoms with van der Waals surface area (Å²) in [4.78, 5) is 41.9. The molecule has 0 unspecified atom stereocenters. The number of carbonyl (C=O) groups is 3. The lowest BCUT2D eigenvalue weighted by Crippen LogP contribution is -2.46. The van der Waals surface area contributed by atoms with Crippen LogP contribution in [0.3, 0.4) is 0 Å². The van der Waals surface area contributed by atoms with E-state index < -0.39 is 23.8 Å². The van der Waals surface area contributed by atoms with Gasteiger partial charge in [0.05, 0.1) is 24.3 Å². The van der Waals surface area contributed by atoms with Gasteiger partial charge in [-0.25, -0.2) is 9.48 Å². The van der Waals surface area contributed by atoms with E-state index in [2.05, 4.69) is 15.6 Å². The van der Waals surface area contributed by atoms with Gasteiger partial charge in [0.1, 0.15) is 31.3 Å². The third-order valence-corrected chi connectivity index (χ3v) is 7.46. The molecule has 4 aromatic rings. The monoisotopic (exact) mass is 585 g/mol. The zero-order valence-corrected chi connectivity index (χ0v) is 23.6. The number of methoxy groups -OCH3 is 1. The van der Waals surface area contributed by atoms with E-state index in [0.29, 0.717) is 65.7 Å². The summed E-state index contributed by atoms with van der Waals surface area (Å²) in [5, 5.41) is 11.4. The first-order chi connectivity index (χ1) is 21.0. The molecule has 2 aliphatic heterocycles. The van der Waals surface area contributed by atoms with Crippen molar-refractivity contribution in [2.45, 2.75) is 31.5 Å². The Hall–Kier alpha value is -4.97. The van der Waals surface area contributed by atoms with Gasteiger partial charge in [-0.15, -0.1) is 5.10 Å². The van der Waals surface area contributed by atoms with Gasteiger partial charge in [-0.2, -0.15) is 0 Å². The lowest BCUT2D eigenvalue weighted by molar-refractivity contribution is -0.127. The average molecular weight is 586 g/mol. The van der Waals surface area contributed by atoms with E-state index >= 15 is 0 Å². The third-order valence-electron chi connectivity index (χ3n) is 7.46. The minimum atomic E-state index is -1.11. The fraction of sp³-hybridized carbons (Fsp3) is 0.323. The Morgan fingerprint density at radius 3 is 2.58 bits per heavy atom. The van der Waals surface area contributed by atoms with E-state index in [4.69, 9.17) is 18.9 Å². The smallest absolute Gasteiger partial charge is 0.337 e. The van der Waals surface area contributed by atoms with E-state index in [9.17, 15) is 14.4 Å². The molecule has 6 rings (SSSR count). The standard InChI is InChI=1S/C31H31N5O7/c1-40-31(39)21-10-8-20(9-11-21)29(30(38)32-18-23-5-4-14-41-23)36(22-12-13-26-27(17-22)43-16-15-42-26)28(37)19-35-25-7-3-2-6-24(25)33-34-35/h2-3,6-13,17,23,29H,4-5,14-16,18-19H2,1H3,(H,32,38)/t23-,29-/m1/s1. The van der Waals surface area contributed by atoms with Crippen molar-refractivity contribution in [1.82, 2.24) is 20.3 Å². The molecule has 12 nitrogen and oxygen atoms in total. The summed E-state index contributed by atoms with van der Waals surface area (Å²) in [5.41, 5.74) is 2.55. The minimum Gasteiger partial charge on any atom is -0.486 e. The Morgan fingerprint density at radius 2 is 1.81 bits per heavy atom. The molecule has 2 aliphatic rings. The average Bonchev–Trinajstić information content (AvgIpc) is 3.72. The van der Waals surface area contributed by atoms with Crippen molar-refractivity contribution < 1.29 is 33.3 Å².